The van der Waals surface area contributed by atoms with Gasteiger partial charge < -0.3 is 11.5 Å². The first kappa shape index (κ1) is 9.67. The van der Waals surface area contributed by atoms with Crippen molar-refractivity contribution in [1.29, 1.82) is 0 Å². The van der Waals surface area contributed by atoms with Crippen LogP contribution in [0.4, 0.5) is 10.1 Å². The van der Waals surface area contributed by atoms with Crippen molar-refractivity contribution in [2.24, 2.45) is 5.73 Å². The quantitative estimate of drug-likeness (QED) is 0.670. The second-order valence-corrected chi connectivity index (χ2v) is 2.86. The van der Waals surface area contributed by atoms with Gasteiger partial charge in [-0.1, -0.05) is 6.07 Å². The summed E-state index contributed by atoms with van der Waals surface area (Å²) in [5, 5.41) is 0. The minimum Gasteiger partial charge on any atom is -0.398 e. The van der Waals surface area contributed by atoms with E-state index in [-0.39, 0.29) is 11.5 Å². The van der Waals surface area contributed by atoms with E-state index in [1.165, 1.54) is 19.1 Å². The second-order valence-electron chi connectivity index (χ2n) is 2.86. The zero-order valence-corrected chi connectivity index (χ0v) is 7.25. The molecule has 0 aromatic heterocycles. The number of hydrogen-bond acceptors (Lipinski definition) is 3. The molecule has 1 atom stereocenters. The molecule has 0 aliphatic heterocycles. The van der Waals surface area contributed by atoms with E-state index >= 15 is 0 Å². The molecule has 1 unspecified atom stereocenters. The standard InChI is InChI=1S/C9H11FN2O/c1-5(13)9(12)7-3-2-6(10)4-8(7)11/h2-4,9H,11-12H2,1H3. The molecule has 0 aliphatic carbocycles. The van der Waals surface area contributed by atoms with Crippen molar-refractivity contribution in [3.63, 3.8) is 0 Å². The van der Waals surface area contributed by atoms with Gasteiger partial charge in [0.05, 0.1) is 6.04 Å². The molecule has 70 valence electrons. The fraction of sp³-hybridized carbons (Fsp3) is 0.222. The average Bonchev–Trinajstić information content (AvgIpc) is 2.03. The molecule has 1 aromatic rings. The average molecular weight is 182 g/mol. The summed E-state index contributed by atoms with van der Waals surface area (Å²) < 4.78 is 12.6. The van der Waals surface area contributed by atoms with Crippen molar-refractivity contribution in [1.82, 2.24) is 0 Å². The number of halogens is 1. The Hall–Kier alpha value is -1.42. The highest BCUT2D eigenvalue weighted by atomic mass is 19.1. The first-order valence-corrected chi connectivity index (χ1v) is 3.83. The molecule has 4 heteroatoms. The highest BCUT2D eigenvalue weighted by Crippen LogP contribution is 2.19. The monoisotopic (exact) mass is 182 g/mol. The lowest BCUT2D eigenvalue weighted by atomic mass is 10.0. The lowest BCUT2D eigenvalue weighted by Gasteiger charge is -2.10. The van der Waals surface area contributed by atoms with Crippen LogP contribution in [0.5, 0.6) is 0 Å². The van der Waals surface area contributed by atoms with Crippen LogP contribution >= 0.6 is 0 Å². The van der Waals surface area contributed by atoms with Gasteiger partial charge in [-0.15, -0.1) is 0 Å². The molecule has 4 N–H and O–H groups in total. The van der Waals surface area contributed by atoms with Gasteiger partial charge in [-0.05, 0) is 24.6 Å². The summed E-state index contributed by atoms with van der Waals surface area (Å²) in [5.74, 6) is -0.629. The number of rotatable bonds is 2. The number of anilines is 1. The van der Waals surface area contributed by atoms with E-state index in [0.29, 0.717) is 5.56 Å². The summed E-state index contributed by atoms with van der Waals surface area (Å²) in [5.41, 5.74) is 11.7. The molecule has 0 bridgehead atoms. The molecular weight excluding hydrogens is 171 g/mol. The van der Waals surface area contributed by atoms with Crippen LogP contribution in [0.3, 0.4) is 0 Å². The SMILES string of the molecule is CC(=O)C(N)c1ccc(F)cc1N. The van der Waals surface area contributed by atoms with Gasteiger partial charge in [-0.3, -0.25) is 4.79 Å². The van der Waals surface area contributed by atoms with E-state index in [9.17, 15) is 9.18 Å². The molecule has 0 radical (unpaired) electrons. The van der Waals surface area contributed by atoms with Gasteiger partial charge in [0, 0.05) is 5.69 Å². The van der Waals surface area contributed by atoms with Crippen LogP contribution in [0.25, 0.3) is 0 Å². The lowest BCUT2D eigenvalue weighted by Crippen LogP contribution is -2.19. The minimum absolute atomic E-state index is 0.196. The van der Waals surface area contributed by atoms with Gasteiger partial charge in [0.15, 0.2) is 5.78 Å². The van der Waals surface area contributed by atoms with Crippen LogP contribution in [-0.4, -0.2) is 5.78 Å². The third-order valence-corrected chi connectivity index (χ3v) is 1.82. The number of nitrogen functional groups attached to an aromatic ring is 1. The third kappa shape index (κ3) is 2.03. The molecule has 1 aromatic carbocycles. The Kier molecular flexibility index (Phi) is 2.63. The maximum Gasteiger partial charge on any atom is 0.151 e. The summed E-state index contributed by atoms with van der Waals surface area (Å²) in [4.78, 5) is 10.9. The lowest BCUT2D eigenvalue weighted by molar-refractivity contribution is -0.118. The number of carbonyl (C=O) groups is 1. The Morgan fingerprint density at radius 3 is 2.62 bits per heavy atom. The number of ketones is 1. The fourth-order valence-corrected chi connectivity index (χ4v) is 1.05. The summed E-state index contributed by atoms with van der Waals surface area (Å²) in [7, 11) is 0. The first-order valence-electron chi connectivity index (χ1n) is 3.83. The van der Waals surface area contributed by atoms with E-state index < -0.39 is 11.9 Å². The Balaban J connectivity index is 3.08. The van der Waals surface area contributed by atoms with Gasteiger partial charge in [0.25, 0.3) is 0 Å². The molecule has 0 aliphatic rings. The molecule has 0 saturated heterocycles. The maximum atomic E-state index is 12.6. The number of carbonyl (C=O) groups excluding carboxylic acids is 1. The Morgan fingerprint density at radius 1 is 1.54 bits per heavy atom. The van der Waals surface area contributed by atoms with Crippen molar-refractivity contribution in [2.75, 3.05) is 5.73 Å². The normalized spacial score (nSPS) is 12.5. The van der Waals surface area contributed by atoms with Crippen molar-refractivity contribution in [2.45, 2.75) is 13.0 Å². The number of benzene rings is 1. The topological polar surface area (TPSA) is 69.1 Å². The molecule has 0 fully saturated rings. The number of hydrogen-bond donors (Lipinski definition) is 2. The van der Waals surface area contributed by atoms with E-state index in [0.717, 1.165) is 6.07 Å². The van der Waals surface area contributed by atoms with Crippen LogP contribution in [-0.2, 0) is 4.79 Å². The summed E-state index contributed by atoms with van der Waals surface area (Å²) in [6, 6.07) is 3.05. The maximum absolute atomic E-state index is 12.6. The number of Topliss-reactive ketones (excluding diaryl/α,β-unsaturated/α-hetero) is 1. The first-order chi connectivity index (χ1) is 6.02. The van der Waals surface area contributed by atoms with Crippen LogP contribution < -0.4 is 11.5 Å². The molecule has 0 spiro atoms. The molecule has 3 nitrogen and oxygen atoms in total. The molecule has 1 rings (SSSR count). The molecule has 13 heavy (non-hydrogen) atoms. The van der Waals surface area contributed by atoms with E-state index in [2.05, 4.69) is 0 Å². The van der Waals surface area contributed by atoms with Crippen LogP contribution in [0, 0.1) is 5.82 Å². The van der Waals surface area contributed by atoms with Gasteiger partial charge in [0.1, 0.15) is 5.82 Å². The second kappa shape index (κ2) is 3.53. The highest BCUT2D eigenvalue weighted by Gasteiger charge is 2.13. The van der Waals surface area contributed by atoms with Crippen molar-refractivity contribution < 1.29 is 9.18 Å². The number of nitrogens with two attached hydrogens (primary N) is 2. The van der Waals surface area contributed by atoms with Crippen LogP contribution in [0.1, 0.15) is 18.5 Å². The zero-order valence-electron chi connectivity index (χ0n) is 7.25. The molecule has 0 saturated carbocycles. The van der Waals surface area contributed by atoms with Crippen LogP contribution in [0.15, 0.2) is 18.2 Å². The smallest absolute Gasteiger partial charge is 0.151 e. The zero-order chi connectivity index (χ0) is 10.0. The molecule has 0 heterocycles. The van der Waals surface area contributed by atoms with E-state index in [1.807, 2.05) is 0 Å². The predicted octanol–water partition coefficient (Wildman–Crippen LogP) is 0.997. The van der Waals surface area contributed by atoms with Gasteiger partial charge >= 0.3 is 0 Å². The van der Waals surface area contributed by atoms with Crippen molar-refractivity contribution in [3.05, 3.63) is 29.6 Å². The Bertz CT molecular complexity index is 338. The summed E-state index contributed by atoms with van der Waals surface area (Å²) >= 11 is 0. The third-order valence-electron chi connectivity index (χ3n) is 1.82. The Morgan fingerprint density at radius 2 is 2.15 bits per heavy atom. The van der Waals surface area contributed by atoms with Crippen molar-refractivity contribution in [3.8, 4) is 0 Å². The van der Waals surface area contributed by atoms with Crippen LogP contribution in [0.2, 0.25) is 0 Å². The minimum atomic E-state index is -0.763. The fourth-order valence-electron chi connectivity index (χ4n) is 1.05. The molecule has 0 amide bonds. The van der Waals surface area contributed by atoms with Crippen molar-refractivity contribution >= 4 is 11.5 Å². The highest BCUT2D eigenvalue weighted by molar-refractivity contribution is 5.84. The Labute approximate surface area is 75.5 Å². The van der Waals surface area contributed by atoms with E-state index in [4.69, 9.17) is 11.5 Å². The largest absolute Gasteiger partial charge is 0.398 e. The van der Waals surface area contributed by atoms with Gasteiger partial charge in [0.2, 0.25) is 0 Å². The summed E-state index contributed by atoms with van der Waals surface area (Å²) in [6.45, 7) is 1.37. The molecular formula is C9H11FN2O. The van der Waals surface area contributed by atoms with Gasteiger partial charge in [-0.25, -0.2) is 4.39 Å². The predicted molar refractivity (Wildman–Crippen MR) is 48.4 cm³/mol. The summed E-state index contributed by atoms with van der Waals surface area (Å²) in [6.07, 6.45) is 0. The van der Waals surface area contributed by atoms with Gasteiger partial charge in [-0.2, -0.15) is 0 Å². The van der Waals surface area contributed by atoms with E-state index in [1.54, 1.807) is 0 Å².